The summed E-state index contributed by atoms with van der Waals surface area (Å²) < 4.78 is 5.59. The second-order valence-corrected chi connectivity index (χ2v) is 5.12. The molecule has 3 nitrogen and oxygen atoms in total. The highest BCUT2D eigenvalue weighted by Crippen LogP contribution is 2.21. The zero-order chi connectivity index (χ0) is 12.6. The van der Waals surface area contributed by atoms with Gasteiger partial charge in [0, 0.05) is 12.2 Å². The van der Waals surface area contributed by atoms with Crippen molar-refractivity contribution >= 4 is 11.8 Å². The molecule has 0 fully saturated rings. The summed E-state index contributed by atoms with van der Waals surface area (Å²) in [6, 6.07) is 10.3. The summed E-state index contributed by atoms with van der Waals surface area (Å²) in [5.41, 5.74) is 1.27. The molecular weight excluding hydrogens is 244 g/mol. The van der Waals surface area contributed by atoms with Crippen LogP contribution >= 0.6 is 11.8 Å². The van der Waals surface area contributed by atoms with Crippen molar-refractivity contribution in [2.45, 2.75) is 43.6 Å². The van der Waals surface area contributed by atoms with Crippen LogP contribution in [0.25, 0.3) is 0 Å². The molecule has 0 bridgehead atoms. The molecule has 18 heavy (non-hydrogen) atoms. The minimum atomic E-state index is 0.672. The molecule has 0 aliphatic carbocycles. The van der Waals surface area contributed by atoms with Crippen LogP contribution in [0.2, 0.25) is 0 Å². The summed E-state index contributed by atoms with van der Waals surface area (Å²) in [7, 11) is 0. The van der Waals surface area contributed by atoms with Gasteiger partial charge in [-0.25, -0.2) is 0 Å². The van der Waals surface area contributed by atoms with Crippen molar-refractivity contribution in [3.8, 4) is 0 Å². The van der Waals surface area contributed by atoms with E-state index < -0.39 is 0 Å². The van der Waals surface area contributed by atoms with E-state index in [9.17, 15) is 0 Å². The number of benzene rings is 1. The topological polar surface area (TPSA) is 38.9 Å². The van der Waals surface area contributed by atoms with E-state index >= 15 is 0 Å². The van der Waals surface area contributed by atoms with E-state index in [0.29, 0.717) is 5.22 Å². The summed E-state index contributed by atoms with van der Waals surface area (Å²) in [4.78, 5) is 0. The number of unbranched alkanes of at least 4 members (excludes halogenated alkanes) is 2. The zero-order valence-electron chi connectivity index (χ0n) is 10.6. The Labute approximate surface area is 112 Å². The first-order chi connectivity index (χ1) is 8.88. The lowest BCUT2D eigenvalue weighted by Crippen LogP contribution is -1.84. The van der Waals surface area contributed by atoms with E-state index in [0.717, 1.165) is 24.5 Å². The molecule has 1 aromatic heterocycles. The van der Waals surface area contributed by atoms with Gasteiger partial charge in [0.1, 0.15) is 0 Å². The maximum Gasteiger partial charge on any atom is 0.276 e. The number of nitrogens with zero attached hydrogens (tertiary/aromatic N) is 2. The number of aromatic nitrogens is 2. The monoisotopic (exact) mass is 262 g/mol. The van der Waals surface area contributed by atoms with Crippen molar-refractivity contribution in [1.82, 2.24) is 10.2 Å². The molecule has 2 aromatic rings. The number of thioether (sulfide) groups is 1. The fraction of sp³-hybridized carbons (Fsp3) is 0.429. The Morgan fingerprint density at radius 2 is 1.94 bits per heavy atom. The first-order valence-electron chi connectivity index (χ1n) is 6.37. The highest BCUT2D eigenvalue weighted by atomic mass is 32.2. The molecule has 0 spiro atoms. The van der Waals surface area contributed by atoms with Crippen LogP contribution in [-0.2, 0) is 12.2 Å². The summed E-state index contributed by atoms with van der Waals surface area (Å²) in [6.07, 6.45) is 4.45. The van der Waals surface area contributed by atoms with Crippen LogP contribution in [0.1, 0.15) is 37.6 Å². The molecule has 4 heteroatoms. The van der Waals surface area contributed by atoms with Gasteiger partial charge in [0.05, 0.1) is 0 Å². The third-order valence-electron chi connectivity index (χ3n) is 2.65. The van der Waals surface area contributed by atoms with Crippen LogP contribution in [0.4, 0.5) is 0 Å². The smallest absolute Gasteiger partial charge is 0.276 e. The van der Waals surface area contributed by atoms with Crippen LogP contribution in [0.15, 0.2) is 40.0 Å². The number of hydrogen-bond acceptors (Lipinski definition) is 4. The van der Waals surface area contributed by atoms with E-state index in [4.69, 9.17) is 4.42 Å². The van der Waals surface area contributed by atoms with Crippen LogP contribution in [0.5, 0.6) is 0 Å². The average molecular weight is 262 g/mol. The lowest BCUT2D eigenvalue weighted by atomic mass is 10.2. The van der Waals surface area contributed by atoms with Crippen molar-refractivity contribution in [3.63, 3.8) is 0 Å². The predicted octanol–water partition coefficient (Wildman–Crippen LogP) is 4.09. The van der Waals surface area contributed by atoms with Gasteiger partial charge < -0.3 is 4.42 Å². The third-order valence-corrected chi connectivity index (χ3v) is 3.54. The number of hydrogen-bond donors (Lipinski definition) is 0. The second kappa shape index (κ2) is 7.21. The van der Waals surface area contributed by atoms with Gasteiger partial charge in [-0.1, -0.05) is 61.9 Å². The summed E-state index contributed by atoms with van der Waals surface area (Å²) in [5.74, 6) is 1.64. The van der Waals surface area contributed by atoms with Crippen LogP contribution in [0.3, 0.4) is 0 Å². The van der Waals surface area contributed by atoms with Crippen LogP contribution < -0.4 is 0 Å². The van der Waals surface area contributed by atoms with Crippen molar-refractivity contribution in [1.29, 1.82) is 0 Å². The second-order valence-electron chi connectivity index (χ2n) is 4.19. The molecule has 0 saturated carbocycles. The molecule has 96 valence electrons. The molecule has 0 amide bonds. The largest absolute Gasteiger partial charge is 0.416 e. The first kappa shape index (κ1) is 13.1. The Hall–Kier alpha value is -1.29. The zero-order valence-corrected chi connectivity index (χ0v) is 11.4. The molecule has 0 aliphatic heterocycles. The van der Waals surface area contributed by atoms with Gasteiger partial charge in [0.2, 0.25) is 5.89 Å². The van der Waals surface area contributed by atoms with E-state index in [-0.39, 0.29) is 0 Å². The van der Waals surface area contributed by atoms with E-state index in [2.05, 4.69) is 29.3 Å². The molecule has 2 rings (SSSR count). The standard InChI is InChI=1S/C14H18N2OS/c1-2-3-5-10-13-15-16-14(17-13)18-11-12-8-6-4-7-9-12/h4,6-9H,2-3,5,10-11H2,1H3. The van der Waals surface area contributed by atoms with Gasteiger partial charge in [0.25, 0.3) is 5.22 Å². The molecule has 1 heterocycles. The minimum absolute atomic E-state index is 0.672. The fourth-order valence-corrected chi connectivity index (χ4v) is 2.38. The Morgan fingerprint density at radius 1 is 1.11 bits per heavy atom. The highest BCUT2D eigenvalue weighted by molar-refractivity contribution is 7.98. The third kappa shape index (κ3) is 4.18. The van der Waals surface area contributed by atoms with E-state index in [1.807, 2.05) is 18.2 Å². The molecule has 0 saturated heterocycles. The summed E-state index contributed by atoms with van der Waals surface area (Å²) in [6.45, 7) is 2.19. The Kier molecular flexibility index (Phi) is 5.27. The Balaban J connectivity index is 1.80. The normalized spacial score (nSPS) is 10.7. The maximum absolute atomic E-state index is 5.59. The lowest BCUT2D eigenvalue weighted by molar-refractivity contribution is 0.407. The molecule has 0 N–H and O–H groups in total. The van der Waals surface area contributed by atoms with Gasteiger partial charge in [0.15, 0.2) is 0 Å². The van der Waals surface area contributed by atoms with Gasteiger partial charge in [-0.3, -0.25) is 0 Å². The highest BCUT2D eigenvalue weighted by Gasteiger charge is 2.06. The predicted molar refractivity (Wildman–Crippen MR) is 73.5 cm³/mol. The van der Waals surface area contributed by atoms with Crippen molar-refractivity contribution < 1.29 is 4.42 Å². The lowest BCUT2D eigenvalue weighted by Gasteiger charge is -1.96. The molecule has 1 aromatic carbocycles. The Bertz CT molecular complexity index is 456. The van der Waals surface area contributed by atoms with Gasteiger partial charge in [-0.05, 0) is 12.0 Å². The van der Waals surface area contributed by atoms with E-state index in [1.165, 1.54) is 18.4 Å². The van der Waals surface area contributed by atoms with Crippen molar-refractivity contribution in [2.75, 3.05) is 0 Å². The SMILES string of the molecule is CCCCCc1nnc(SCc2ccccc2)o1. The molecular formula is C14H18N2OS. The van der Waals surface area contributed by atoms with Gasteiger partial charge >= 0.3 is 0 Å². The van der Waals surface area contributed by atoms with E-state index in [1.54, 1.807) is 11.8 Å². The molecule has 0 aliphatic rings. The summed E-state index contributed by atoms with van der Waals surface area (Å²) in [5, 5.41) is 8.79. The van der Waals surface area contributed by atoms with Gasteiger partial charge in [-0.15, -0.1) is 10.2 Å². The van der Waals surface area contributed by atoms with Crippen molar-refractivity contribution in [2.24, 2.45) is 0 Å². The molecule has 0 radical (unpaired) electrons. The number of aryl methyl sites for hydroxylation is 1. The fourth-order valence-electron chi connectivity index (χ4n) is 1.64. The number of rotatable bonds is 7. The quantitative estimate of drug-likeness (QED) is 0.556. The summed E-state index contributed by atoms with van der Waals surface area (Å²) >= 11 is 1.59. The van der Waals surface area contributed by atoms with Crippen LogP contribution in [-0.4, -0.2) is 10.2 Å². The molecule has 0 atom stereocenters. The minimum Gasteiger partial charge on any atom is -0.416 e. The first-order valence-corrected chi connectivity index (χ1v) is 7.36. The van der Waals surface area contributed by atoms with Crippen LogP contribution in [0, 0.1) is 0 Å². The molecule has 0 unspecified atom stereocenters. The van der Waals surface area contributed by atoms with Crippen molar-refractivity contribution in [3.05, 3.63) is 41.8 Å². The Morgan fingerprint density at radius 3 is 2.72 bits per heavy atom. The maximum atomic E-state index is 5.59. The average Bonchev–Trinajstić information content (AvgIpc) is 2.86. The van der Waals surface area contributed by atoms with Gasteiger partial charge in [-0.2, -0.15) is 0 Å².